The SMILES string of the molecule is NC(=O)c1c[nH]c(=O)c(-c2cccnc2)c1. The third-order valence-electron chi connectivity index (χ3n) is 2.16. The smallest absolute Gasteiger partial charge is 0.255 e. The Labute approximate surface area is 91.0 Å². The van der Waals surface area contributed by atoms with Crippen molar-refractivity contribution >= 4 is 5.91 Å². The summed E-state index contributed by atoms with van der Waals surface area (Å²) in [7, 11) is 0. The van der Waals surface area contributed by atoms with Gasteiger partial charge in [-0.1, -0.05) is 6.07 Å². The maximum atomic E-state index is 11.6. The van der Waals surface area contributed by atoms with Crippen LogP contribution in [0.25, 0.3) is 11.1 Å². The van der Waals surface area contributed by atoms with Crippen LogP contribution in [0.1, 0.15) is 10.4 Å². The highest BCUT2D eigenvalue weighted by molar-refractivity contribution is 5.93. The number of hydrogen-bond donors (Lipinski definition) is 2. The molecular weight excluding hydrogens is 206 g/mol. The Morgan fingerprint density at radius 2 is 2.25 bits per heavy atom. The molecule has 0 aromatic carbocycles. The van der Waals surface area contributed by atoms with Gasteiger partial charge in [-0.15, -0.1) is 0 Å². The fraction of sp³-hybridized carbons (Fsp3) is 0. The second kappa shape index (κ2) is 3.98. The molecule has 0 aliphatic carbocycles. The van der Waals surface area contributed by atoms with E-state index >= 15 is 0 Å². The van der Waals surface area contributed by atoms with E-state index in [-0.39, 0.29) is 11.1 Å². The molecule has 16 heavy (non-hydrogen) atoms. The molecule has 5 nitrogen and oxygen atoms in total. The Balaban J connectivity index is 2.61. The fourth-order valence-corrected chi connectivity index (χ4v) is 1.36. The number of hydrogen-bond acceptors (Lipinski definition) is 3. The van der Waals surface area contributed by atoms with E-state index in [1.807, 2.05) is 0 Å². The summed E-state index contributed by atoms with van der Waals surface area (Å²) in [4.78, 5) is 28.9. The van der Waals surface area contributed by atoms with E-state index in [2.05, 4.69) is 9.97 Å². The third kappa shape index (κ3) is 1.83. The quantitative estimate of drug-likeness (QED) is 0.766. The molecule has 0 saturated carbocycles. The highest BCUT2D eigenvalue weighted by Gasteiger charge is 2.07. The summed E-state index contributed by atoms with van der Waals surface area (Å²) < 4.78 is 0. The minimum Gasteiger partial charge on any atom is -0.366 e. The van der Waals surface area contributed by atoms with Crippen molar-refractivity contribution in [3.8, 4) is 11.1 Å². The van der Waals surface area contributed by atoms with Gasteiger partial charge in [0.25, 0.3) is 5.56 Å². The molecule has 0 bridgehead atoms. The Morgan fingerprint density at radius 1 is 1.44 bits per heavy atom. The lowest BCUT2D eigenvalue weighted by Gasteiger charge is -2.01. The van der Waals surface area contributed by atoms with Gasteiger partial charge in [-0.2, -0.15) is 0 Å². The first-order chi connectivity index (χ1) is 7.68. The number of nitrogens with one attached hydrogen (secondary N) is 1. The topological polar surface area (TPSA) is 88.8 Å². The monoisotopic (exact) mass is 215 g/mol. The first-order valence-corrected chi connectivity index (χ1v) is 4.61. The number of carbonyl (C=O) groups excluding carboxylic acids is 1. The number of H-pyrrole nitrogens is 1. The van der Waals surface area contributed by atoms with Crippen LogP contribution in [-0.2, 0) is 0 Å². The number of nitrogens with two attached hydrogens (primary N) is 1. The number of aromatic nitrogens is 2. The molecule has 0 fully saturated rings. The van der Waals surface area contributed by atoms with E-state index in [1.54, 1.807) is 24.5 Å². The zero-order valence-corrected chi connectivity index (χ0v) is 8.31. The summed E-state index contributed by atoms with van der Waals surface area (Å²) in [5.41, 5.74) is 6.14. The van der Waals surface area contributed by atoms with Gasteiger partial charge in [-0.05, 0) is 12.1 Å². The molecule has 2 heterocycles. The van der Waals surface area contributed by atoms with E-state index in [4.69, 9.17) is 5.73 Å². The molecule has 80 valence electrons. The van der Waals surface area contributed by atoms with Crippen molar-refractivity contribution in [1.29, 1.82) is 0 Å². The highest BCUT2D eigenvalue weighted by Crippen LogP contribution is 2.13. The van der Waals surface area contributed by atoms with Crippen LogP contribution in [-0.4, -0.2) is 15.9 Å². The zero-order valence-electron chi connectivity index (χ0n) is 8.31. The minimum atomic E-state index is -0.582. The fourth-order valence-electron chi connectivity index (χ4n) is 1.36. The maximum Gasteiger partial charge on any atom is 0.255 e. The summed E-state index contributed by atoms with van der Waals surface area (Å²) in [5.74, 6) is -0.582. The molecular formula is C11H9N3O2. The summed E-state index contributed by atoms with van der Waals surface area (Å²) >= 11 is 0. The van der Waals surface area contributed by atoms with Gasteiger partial charge in [0, 0.05) is 29.7 Å². The lowest BCUT2D eigenvalue weighted by atomic mass is 10.1. The van der Waals surface area contributed by atoms with Crippen molar-refractivity contribution in [1.82, 2.24) is 9.97 Å². The average Bonchev–Trinajstić information content (AvgIpc) is 2.30. The minimum absolute atomic E-state index is 0.262. The number of rotatable bonds is 2. The van der Waals surface area contributed by atoms with Crippen LogP contribution >= 0.6 is 0 Å². The molecule has 0 atom stereocenters. The zero-order chi connectivity index (χ0) is 11.5. The van der Waals surface area contributed by atoms with Gasteiger partial charge in [0.1, 0.15) is 0 Å². The van der Waals surface area contributed by atoms with Gasteiger partial charge < -0.3 is 10.7 Å². The molecule has 0 aliphatic heterocycles. The number of nitrogens with zero attached hydrogens (tertiary/aromatic N) is 1. The molecule has 3 N–H and O–H groups in total. The molecule has 1 amide bonds. The first kappa shape index (κ1) is 10.1. The number of aromatic amines is 1. The molecule has 2 aromatic heterocycles. The number of carbonyl (C=O) groups is 1. The van der Waals surface area contributed by atoms with E-state index in [0.717, 1.165) is 0 Å². The number of primary amides is 1. The van der Waals surface area contributed by atoms with Crippen molar-refractivity contribution < 1.29 is 4.79 Å². The molecule has 0 radical (unpaired) electrons. The first-order valence-electron chi connectivity index (χ1n) is 4.61. The van der Waals surface area contributed by atoms with Crippen molar-refractivity contribution in [2.24, 2.45) is 5.73 Å². The normalized spacial score (nSPS) is 10.0. The van der Waals surface area contributed by atoms with Crippen molar-refractivity contribution in [3.63, 3.8) is 0 Å². The van der Waals surface area contributed by atoms with E-state index in [1.165, 1.54) is 12.3 Å². The molecule has 0 aliphatic rings. The largest absolute Gasteiger partial charge is 0.366 e. The molecule has 5 heteroatoms. The second-order valence-corrected chi connectivity index (χ2v) is 3.24. The van der Waals surface area contributed by atoms with Crippen LogP contribution in [0.15, 0.2) is 41.6 Å². The van der Waals surface area contributed by atoms with Crippen molar-refractivity contribution in [2.45, 2.75) is 0 Å². The highest BCUT2D eigenvalue weighted by atomic mass is 16.1. The summed E-state index contributed by atoms with van der Waals surface area (Å²) in [6, 6.07) is 4.91. The standard InChI is InChI=1S/C11H9N3O2/c12-10(15)8-4-9(11(16)14-6-8)7-2-1-3-13-5-7/h1-6H,(H2,12,15)(H,14,16). The predicted molar refractivity (Wildman–Crippen MR) is 58.8 cm³/mol. The van der Waals surface area contributed by atoms with Crippen LogP contribution in [0.5, 0.6) is 0 Å². The molecule has 0 saturated heterocycles. The summed E-state index contributed by atoms with van der Waals surface area (Å²) in [6.45, 7) is 0. The lowest BCUT2D eigenvalue weighted by molar-refractivity contribution is 0.1000. The Morgan fingerprint density at radius 3 is 2.88 bits per heavy atom. The van der Waals surface area contributed by atoms with Gasteiger partial charge in [-0.3, -0.25) is 14.6 Å². The van der Waals surface area contributed by atoms with Crippen LogP contribution in [0.2, 0.25) is 0 Å². The number of amides is 1. The predicted octanol–water partition coefficient (Wildman–Crippen LogP) is 0.536. The van der Waals surface area contributed by atoms with E-state index in [9.17, 15) is 9.59 Å². The van der Waals surface area contributed by atoms with Gasteiger partial charge in [0.05, 0.1) is 5.56 Å². The van der Waals surface area contributed by atoms with Gasteiger partial charge in [0.15, 0.2) is 0 Å². The average molecular weight is 215 g/mol. The van der Waals surface area contributed by atoms with Crippen LogP contribution in [0.3, 0.4) is 0 Å². The van der Waals surface area contributed by atoms with Crippen molar-refractivity contribution in [3.05, 3.63) is 52.7 Å². The Bertz CT molecular complexity index is 575. The van der Waals surface area contributed by atoms with E-state index < -0.39 is 5.91 Å². The van der Waals surface area contributed by atoms with Gasteiger partial charge in [-0.25, -0.2) is 0 Å². The third-order valence-corrected chi connectivity index (χ3v) is 2.16. The Hall–Kier alpha value is -2.43. The van der Waals surface area contributed by atoms with Gasteiger partial charge >= 0.3 is 0 Å². The Kier molecular flexibility index (Phi) is 2.51. The van der Waals surface area contributed by atoms with Crippen LogP contribution in [0, 0.1) is 0 Å². The van der Waals surface area contributed by atoms with Gasteiger partial charge in [0.2, 0.25) is 5.91 Å². The second-order valence-electron chi connectivity index (χ2n) is 3.24. The molecule has 0 unspecified atom stereocenters. The van der Waals surface area contributed by atoms with E-state index in [0.29, 0.717) is 11.1 Å². The maximum absolute atomic E-state index is 11.6. The lowest BCUT2D eigenvalue weighted by Crippen LogP contribution is -2.16. The summed E-state index contributed by atoms with van der Waals surface area (Å²) in [6.07, 6.45) is 4.45. The summed E-state index contributed by atoms with van der Waals surface area (Å²) in [5, 5.41) is 0. The van der Waals surface area contributed by atoms with Crippen molar-refractivity contribution in [2.75, 3.05) is 0 Å². The molecule has 2 aromatic rings. The van der Waals surface area contributed by atoms with Crippen LogP contribution < -0.4 is 11.3 Å². The molecule has 2 rings (SSSR count). The van der Waals surface area contributed by atoms with Crippen LogP contribution in [0.4, 0.5) is 0 Å². The number of pyridine rings is 2. The molecule has 0 spiro atoms.